The number of thioether (sulfide) groups is 1. The van der Waals surface area contributed by atoms with Gasteiger partial charge in [0.2, 0.25) is 0 Å². The first-order chi connectivity index (χ1) is 9.22. The fourth-order valence-corrected chi connectivity index (χ4v) is 3.44. The zero-order valence-corrected chi connectivity index (χ0v) is 12.0. The summed E-state index contributed by atoms with van der Waals surface area (Å²) >= 11 is 1.88. The standard InChI is InChI=1S/C14H19FN2OS/c1-2-19-11-6-3-4-9-17(10-11)14(18)13-12(15)7-5-8-16-13/h5,7-8,11H,2-4,6,9-10H2,1H3. The van der Waals surface area contributed by atoms with Crippen LogP contribution in [-0.2, 0) is 0 Å². The van der Waals surface area contributed by atoms with Gasteiger partial charge in [-0.1, -0.05) is 13.3 Å². The third-order valence-electron chi connectivity index (χ3n) is 3.28. The summed E-state index contributed by atoms with van der Waals surface area (Å²) in [5, 5.41) is 0.461. The molecule has 1 saturated heterocycles. The van der Waals surface area contributed by atoms with Crippen LogP contribution in [0.4, 0.5) is 4.39 Å². The van der Waals surface area contributed by atoms with Gasteiger partial charge in [0, 0.05) is 24.5 Å². The molecule has 1 aliphatic rings. The zero-order valence-electron chi connectivity index (χ0n) is 11.1. The Balaban J connectivity index is 2.11. The highest BCUT2D eigenvalue weighted by Gasteiger charge is 2.25. The molecular weight excluding hydrogens is 263 g/mol. The van der Waals surface area contributed by atoms with Crippen LogP contribution in [0.15, 0.2) is 18.3 Å². The molecule has 0 N–H and O–H groups in total. The van der Waals surface area contributed by atoms with Gasteiger partial charge in [0.05, 0.1) is 0 Å². The fraction of sp³-hybridized carbons (Fsp3) is 0.571. The van der Waals surface area contributed by atoms with Crippen molar-refractivity contribution in [1.29, 1.82) is 0 Å². The summed E-state index contributed by atoms with van der Waals surface area (Å²) in [5.41, 5.74) is -0.0513. The Hall–Kier alpha value is -1.10. The molecule has 5 heteroatoms. The number of aromatic nitrogens is 1. The number of likely N-dealkylation sites (tertiary alicyclic amines) is 1. The van der Waals surface area contributed by atoms with Gasteiger partial charge in [-0.25, -0.2) is 9.37 Å². The van der Waals surface area contributed by atoms with Gasteiger partial charge in [-0.2, -0.15) is 11.8 Å². The average molecular weight is 282 g/mol. The van der Waals surface area contributed by atoms with Crippen LogP contribution in [0, 0.1) is 5.82 Å². The number of hydrogen-bond acceptors (Lipinski definition) is 3. The number of carbonyl (C=O) groups is 1. The highest BCUT2D eigenvalue weighted by atomic mass is 32.2. The van der Waals surface area contributed by atoms with E-state index in [-0.39, 0.29) is 11.6 Å². The number of pyridine rings is 1. The lowest BCUT2D eigenvalue weighted by atomic mass is 10.2. The summed E-state index contributed by atoms with van der Waals surface area (Å²) in [6.45, 7) is 3.53. The zero-order chi connectivity index (χ0) is 13.7. The maximum Gasteiger partial charge on any atom is 0.275 e. The van der Waals surface area contributed by atoms with E-state index in [1.807, 2.05) is 11.8 Å². The van der Waals surface area contributed by atoms with E-state index in [9.17, 15) is 9.18 Å². The maximum atomic E-state index is 13.6. The molecule has 104 valence electrons. The van der Waals surface area contributed by atoms with Crippen LogP contribution < -0.4 is 0 Å². The van der Waals surface area contributed by atoms with Crippen LogP contribution >= 0.6 is 11.8 Å². The van der Waals surface area contributed by atoms with Crippen molar-refractivity contribution in [2.24, 2.45) is 0 Å². The monoisotopic (exact) mass is 282 g/mol. The van der Waals surface area contributed by atoms with E-state index >= 15 is 0 Å². The predicted octanol–water partition coefficient (Wildman–Crippen LogP) is 2.97. The lowest BCUT2D eigenvalue weighted by Crippen LogP contribution is -2.36. The minimum atomic E-state index is -0.531. The minimum absolute atomic E-state index is 0.0513. The normalized spacial score (nSPS) is 20.1. The van der Waals surface area contributed by atoms with Gasteiger partial charge >= 0.3 is 0 Å². The molecule has 1 atom stereocenters. The van der Waals surface area contributed by atoms with E-state index in [0.717, 1.165) is 25.0 Å². The van der Waals surface area contributed by atoms with Crippen LogP contribution in [-0.4, -0.2) is 39.9 Å². The molecule has 0 bridgehead atoms. The Labute approximate surface area is 117 Å². The number of amides is 1. The average Bonchev–Trinajstić information content (AvgIpc) is 2.65. The molecule has 0 spiro atoms. The molecule has 1 aromatic rings. The molecule has 1 aliphatic heterocycles. The minimum Gasteiger partial charge on any atom is -0.336 e. The van der Waals surface area contributed by atoms with Crippen LogP contribution in [0.5, 0.6) is 0 Å². The first-order valence-electron chi connectivity index (χ1n) is 6.73. The quantitative estimate of drug-likeness (QED) is 0.854. The van der Waals surface area contributed by atoms with Gasteiger partial charge in [-0.15, -0.1) is 0 Å². The van der Waals surface area contributed by atoms with Crippen molar-refractivity contribution in [2.75, 3.05) is 18.8 Å². The van der Waals surface area contributed by atoms with E-state index in [1.165, 1.54) is 18.3 Å². The number of rotatable bonds is 3. The highest BCUT2D eigenvalue weighted by Crippen LogP contribution is 2.23. The first-order valence-corrected chi connectivity index (χ1v) is 7.78. The summed E-state index contributed by atoms with van der Waals surface area (Å²) in [6.07, 6.45) is 4.71. The molecule has 2 rings (SSSR count). The summed E-state index contributed by atoms with van der Waals surface area (Å²) in [7, 11) is 0. The highest BCUT2D eigenvalue weighted by molar-refractivity contribution is 7.99. The predicted molar refractivity (Wildman–Crippen MR) is 75.9 cm³/mol. The van der Waals surface area contributed by atoms with Gasteiger partial charge < -0.3 is 4.90 Å². The second-order valence-corrected chi connectivity index (χ2v) is 6.24. The van der Waals surface area contributed by atoms with E-state index < -0.39 is 5.82 Å². The van der Waals surface area contributed by atoms with Gasteiger partial charge in [-0.3, -0.25) is 4.79 Å². The number of nitrogens with zero attached hydrogens (tertiary/aromatic N) is 2. The summed E-state index contributed by atoms with van der Waals surface area (Å²) in [5.74, 6) is 0.239. The number of hydrogen-bond donors (Lipinski definition) is 0. The summed E-state index contributed by atoms with van der Waals surface area (Å²) in [6, 6.07) is 2.79. The molecule has 1 unspecified atom stereocenters. The van der Waals surface area contributed by atoms with E-state index in [1.54, 1.807) is 4.90 Å². The van der Waals surface area contributed by atoms with Gasteiger partial charge in [-0.05, 0) is 30.7 Å². The summed E-state index contributed by atoms with van der Waals surface area (Å²) in [4.78, 5) is 18.0. The van der Waals surface area contributed by atoms with Crippen molar-refractivity contribution in [2.45, 2.75) is 31.4 Å². The number of halogens is 1. The third kappa shape index (κ3) is 3.69. The lowest BCUT2D eigenvalue weighted by Gasteiger charge is -2.23. The van der Waals surface area contributed by atoms with Gasteiger partial charge in [0.1, 0.15) is 0 Å². The van der Waals surface area contributed by atoms with Crippen LogP contribution in [0.2, 0.25) is 0 Å². The molecule has 0 radical (unpaired) electrons. The molecule has 0 saturated carbocycles. The second-order valence-electron chi connectivity index (χ2n) is 4.66. The molecule has 2 heterocycles. The topological polar surface area (TPSA) is 33.2 Å². The Morgan fingerprint density at radius 2 is 2.42 bits per heavy atom. The van der Waals surface area contributed by atoms with Crippen LogP contribution in [0.3, 0.4) is 0 Å². The maximum absolute atomic E-state index is 13.6. The van der Waals surface area contributed by atoms with Crippen molar-refractivity contribution in [1.82, 2.24) is 9.88 Å². The Kier molecular flexibility index (Phi) is 5.19. The van der Waals surface area contributed by atoms with Crippen molar-refractivity contribution in [3.63, 3.8) is 0 Å². The van der Waals surface area contributed by atoms with Gasteiger partial charge in [0.25, 0.3) is 5.91 Å². The Bertz CT molecular complexity index is 441. The molecule has 19 heavy (non-hydrogen) atoms. The van der Waals surface area contributed by atoms with E-state index in [0.29, 0.717) is 18.3 Å². The molecule has 1 amide bonds. The third-order valence-corrected chi connectivity index (χ3v) is 4.47. The smallest absolute Gasteiger partial charge is 0.275 e. The van der Waals surface area contributed by atoms with Crippen molar-refractivity contribution in [3.05, 3.63) is 29.8 Å². The fourth-order valence-electron chi connectivity index (χ4n) is 2.35. The lowest BCUT2D eigenvalue weighted by molar-refractivity contribution is 0.0752. The summed E-state index contributed by atoms with van der Waals surface area (Å²) < 4.78 is 13.6. The van der Waals surface area contributed by atoms with E-state index in [4.69, 9.17) is 0 Å². The van der Waals surface area contributed by atoms with Crippen LogP contribution in [0.1, 0.15) is 36.7 Å². The molecule has 1 fully saturated rings. The Morgan fingerprint density at radius 1 is 1.58 bits per heavy atom. The van der Waals surface area contributed by atoms with Crippen molar-refractivity contribution >= 4 is 17.7 Å². The van der Waals surface area contributed by atoms with E-state index in [2.05, 4.69) is 11.9 Å². The van der Waals surface area contributed by atoms with Crippen LogP contribution in [0.25, 0.3) is 0 Å². The second kappa shape index (κ2) is 6.89. The molecule has 0 aliphatic carbocycles. The SMILES string of the molecule is CCSC1CCCCN(C(=O)c2ncccc2F)C1. The molecular formula is C14H19FN2OS. The van der Waals surface area contributed by atoms with Crippen molar-refractivity contribution < 1.29 is 9.18 Å². The molecule has 3 nitrogen and oxygen atoms in total. The first kappa shape index (κ1) is 14.3. The number of carbonyl (C=O) groups excluding carboxylic acids is 1. The van der Waals surface area contributed by atoms with Gasteiger partial charge in [0.15, 0.2) is 11.5 Å². The largest absolute Gasteiger partial charge is 0.336 e. The van der Waals surface area contributed by atoms with Crippen molar-refractivity contribution in [3.8, 4) is 0 Å². The molecule has 0 aromatic carbocycles. The Morgan fingerprint density at radius 3 is 3.16 bits per heavy atom. The molecule has 1 aromatic heterocycles.